The van der Waals surface area contributed by atoms with Crippen LogP contribution < -0.4 is 10.3 Å². The molecule has 0 aliphatic heterocycles. The van der Waals surface area contributed by atoms with Crippen LogP contribution in [0.2, 0.25) is 5.02 Å². The lowest BCUT2D eigenvalue weighted by Gasteiger charge is -2.09. The molecule has 0 spiro atoms. The summed E-state index contributed by atoms with van der Waals surface area (Å²) in [4.78, 5) is 33.4. The standard InChI is InChI=1S/C19H17ClN2O4S/c1-10-5-6-12(20)13(7-10)25-9-16(23)26-8-15-21-18(24)17-11-3-2-4-14(11)27-19(17)22-15/h5-7H,2-4,8-9H2,1H3,(H,21,22,24). The number of hydrogen-bond acceptors (Lipinski definition) is 6. The Kier molecular flexibility index (Phi) is 4.88. The van der Waals surface area contributed by atoms with Gasteiger partial charge in [-0.05, 0) is 49.4 Å². The fourth-order valence-electron chi connectivity index (χ4n) is 3.16. The zero-order valence-corrected chi connectivity index (χ0v) is 16.2. The van der Waals surface area contributed by atoms with Gasteiger partial charge in [0.25, 0.3) is 5.56 Å². The highest BCUT2D eigenvalue weighted by atomic mass is 35.5. The molecule has 1 aliphatic rings. The lowest BCUT2D eigenvalue weighted by atomic mass is 10.2. The zero-order valence-electron chi connectivity index (χ0n) is 14.6. The molecule has 27 heavy (non-hydrogen) atoms. The third-order valence-corrected chi connectivity index (χ3v) is 5.92. The van der Waals surface area contributed by atoms with Crippen molar-refractivity contribution in [1.82, 2.24) is 9.97 Å². The van der Waals surface area contributed by atoms with Crippen LogP contribution in [0.25, 0.3) is 10.2 Å². The minimum absolute atomic E-state index is 0.114. The maximum Gasteiger partial charge on any atom is 0.344 e. The Morgan fingerprint density at radius 3 is 3.07 bits per heavy atom. The number of ether oxygens (including phenoxy) is 2. The second-order valence-electron chi connectivity index (χ2n) is 6.43. The van der Waals surface area contributed by atoms with Crippen molar-refractivity contribution < 1.29 is 14.3 Å². The van der Waals surface area contributed by atoms with Crippen LogP contribution in [0.1, 0.15) is 28.2 Å². The highest BCUT2D eigenvalue weighted by molar-refractivity contribution is 7.18. The number of thiophene rings is 1. The third kappa shape index (κ3) is 3.70. The summed E-state index contributed by atoms with van der Waals surface area (Å²) < 4.78 is 10.6. The summed E-state index contributed by atoms with van der Waals surface area (Å²) in [5.41, 5.74) is 1.92. The maximum absolute atomic E-state index is 12.4. The predicted molar refractivity (Wildman–Crippen MR) is 104 cm³/mol. The van der Waals surface area contributed by atoms with E-state index in [1.165, 1.54) is 4.88 Å². The predicted octanol–water partition coefficient (Wildman–Crippen LogP) is 3.56. The van der Waals surface area contributed by atoms with Gasteiger partial charge in [-0.25, -0.2) is 9.78 Å². The lowest BCUT2D eigenvalue weighted by molar-refractivity contribution is -0.147. The van der Waals surface area contributed by atoms with Crippen LogP contribution in [0.4, 0.5) is 0 Å². The average molecular weight is 405 g/mol. The van der Waals surface area contributed by atoms with E-state index in [1.807, 2.05) is 13.0 Å². The second-order valence-corrected chi connectivity index (χ2v) is 7.92. The number of nitrogens with zero attached hydrogens (tertiary/aromatic N) is 1. The molecule has 140 valence electrons. The van der Waals surface area contributed by atoms with Gasteiger partial charge in [-0.3, -0.25) is 4.79 Å². The van der Waals surface area contributed by atoms with Gasteiger partial charge in [-0.2, -0.15) is 0 Å². The fourth-order valence-corrected chi connectivity index (χ4v) is 4.62. The quantitative estimate of drug-likeness (QED) is 0.657. The molecule has 1 N–H and O–H groups in total. The van der Waals surface area contributed by atoms with Gasteiger partial charge >= 0.3 is 5.97 Å². The largest absolute Gasteiger partial charge is 0.480 e. The molecule has 1 aliphatic carbocycles. The molecule has 3 aromatic rings. The molecule has 4 rings (SSSR count). The van der Waals surface area contributed by atoms with Crippen molar-refractivity contribution in [2.24, 2.45) is 0 Å². The molecule has 1 aromatic carbocycles. The van der Waals surface area contributed by atoms with E-state index in [0.717, 1.165) is 30.4 Å². The molecule has 0 saturated carbocycles. The molecule has 0 atom stereocenters. The van der Waals surface area contributed by atoms with Gasteiger partial charge in [0.2, 0.25) is 0 Å². The van der Waals surface area contributed by atoms with Gasteiger partial charge in [-0.15, -0.1) is 11.3 Å². The van der Waals surface area contributed by atoms with Gasteiger partial charge in [0, 0.05) is 4.88 Å². The lowest BCUT2D eigenvalue weighted by Crippen LogP contribution is -2.18. The van der Waals surface area contributed by atoms with Gasteiger partial charge in [0.15, 0.2) is 6.61 Å². The van der Waals surface area contributed by atoms with E-state index in [0.29, 0.717) is 26.8 Å². The Balaban J connectivity index is 1.40. The molecule has 2 heterocycles. The Morgan fingerprint density at radius 1 is 1.37 bits per heavy atom. The van der Waals surface area contributed by atoms with E-state index in [2.05, 4.69) is 9.97 Å². The normalized spacial score (nSPS) is 13.0. The number of esters is 1. The van der Waals surface area contributed by atoms with E-state index in [1.54, 1.807) is 23.5 Å². The molecule has 8 heteroatoms. The second kappa shape index (κ2) is 7.32. The molecular formula is C19H17ClN2O4S. The number of H-pyrrole nitrogens is 1. The molecule has 0 bridgehead atoms. The average Bonchev–Trinajstić information content (AvgIpc) is 3.21. The third-order valence-electron chi connectivity index (χ3n) is 4.43. The number of aromatic amines is 1. The minimum Gasteiger partial charge on any atom is -0.480 e. The van der Waals surface area contributed by atoms with E-state index < -0.39 is 5.97 Å². The maximum atomic E-state index is 12.4. The first-order chi connectivity index (χ1) is 13.0. The number of halogens is 1. The van der Waals surface area contributed by atoms with Crippen LogP contribution in [0, 0.1) is 6.92 Å². The topological polar surface area (TPSA) is 81.3 Å². The monoisotopic (exact) mass is 404 g/mol. The van der Waals surface area contributed by atoms with Crippen LogP contribution >= 0.6 is 22.9 Å². The molecule has 0 radical (unpaired) electrons. The van der Waals surface area contributed by atoms with Crippen molar-refractivity contribution in [3.8, 4) is 5.75 Å². The number of carbonyl (C=O) groups excluding carboxylic acids is 1. The SMILES string of the molecule is Cc1ccc(Cl)c(OCC(=O)OCc2nc3sc4c(c3c(=O)[nH]2)CCC4)c1. The summed E-state index contributed by atoms with van der Waals surface area (Å²) in [5, 5.41) is 1.11. The number of fused-ring (bicyclic) bond motifs is 3. The van der Waals surface area contributed by atoms with Crippen molar-refractivity contribution in [3.63, 3.8) is 0 Å². The Bertz CT molecular complexity index is 1090. The summed E-state index contributed by atoms with van der Waals surface area (Å²) in [5.74, 6) is 0.188. The van der Waals surface area contributed by atoms with Gasteiger partial charge in [-0.1, -0.05) is 17.7 Å². The summed E-state index contributed by atoms with van der Waals surface area (Å²) in [6.45, 7) is 1.51. The number of hydrogen-bond donors (Lipinski definition) is 1. The summed E-state index contributed by atoms with van der Waals surface area (Å²) in [6.07, 6.45) is 3.01. The first-order valence-corrected chi connectivity index (χ1v) is 9.78. The number of carbonyl (C=O) groups is 1. The molecule has 2 aromatic heterocycles. The number of nitrogens with one attached hydrogen (secondary N) is 1. The summed E-state index contributed by atoms with van der Waals surface area (Å²) in [6, 6.07) is 5.31. The summed E-state index contributed by atoms with van der Waals surface area (Å²) in [7, 11) is 0. The Labute approximate surface area is 164 Å². The van der Waals surface area contributed by atoms with E-state index >= 15 is 0 Å². The minimum atomic E-state index is -0.566. The smallest absolute Gasteiger partial charge is 0.344 e. The summed E-state index contributed by atoms with van der Waals surface area (Å²) >= 11 is 7.58. The van der Waals surface area contributed by atoms with Crippen LogP contribution in [0.3, 0.4) is 0 Å². The first-order valence-electron chi connectivity index (χ1n) is 8.59. The van der Waals surface area contributed by atoms with Gasteiger partial charge in [0.1, 0.15) is 23.0 Å². The van der Waals surface area contributed by atoms with Gasteiger partial charge < -0.3 is 14.5 Å². The van der Waals surface area contributed by atoms with Crippen molar-refractivity contribution in [3.05, 3.63) is 55.4 Å². The zero-order chi connectivity index (χ0) is 19.0. The van der Waals surface area contributed by atoms with Crippen molar-refractivity contribution in [1.29, 1.82) is 0 Å². The molecule has 0 fully saturated rings. The van der Waals surface area contributed by atoms with Crippen LogP contribution in [-0.4, -0.2) is 22.5 Å². The van der Waals surface area contributed by atoms with Crippen molar-refractivity contribution in [2.75, 3.05) is 6.61 Å². The van der Waals surface area contributed by atoms with E-state index in [4.69, 9.17) is 21.1 Å². The highest BCUT2D eigenvalue weighted by Gasteiger charge is 2.21. The van der Waals surface area contributed by atoms with Gasteiger partial charge in [0.05, 0.1) is 10.4 Å². The molecular weight excluding hydrogens is 388 g/mol. The molecule has 6 nitrogen and oxygen atoms in total. The van der Waals surface area contributed by atoms with Crippen LogP contribution in [0.5, 0.6) is 5.75 Å². The Morgan fingerprint density at radius 2 is 2.22 bits per heavy atom. The number of aryl methyl sites for hydroxylation is 3. The Hall–Kier alpha value is -2.38. The van der Waals surface area contributed by atoms with Crippen LogP contribution in [0.15, 0.2) is 23.0 Å². The van der Waals surface area contributed by atoms with E-state index in [-0.39, 0.29) is 18.8 Å². The van der Waals surface area contributed by atoms with Crippen molar-refractivity contribution >= 4 is 39.1 Å². The molecule has 0 saturated heterocycles. The highest BCUT2D eigenvalue weighted by Crippen LogP contribution is 2.34. The number of aromatic nitrogens is 2. The molecule has 0 amide bonds. The number of rotatable bonds is 5. The fraction of sp³-hybridized carbons (Fsp3) is 0.316. The molecule has 0 unspecified atom stereocenters. The van der Waals surface area contributed by atoms with E-state index in [9.17, 15) is 9.59 Å². The number of benzene rings is 1. The van der Waals surface area contributed by atoms with Crippen LogP contribution in [-0.2, 0) is 29.0 Å². The van der Waals surface area contributed by atoms with Crippen molar-refractivity contribution in [2.45, 2.75) is 32.8 Å². The first kappa shape index (κ1) is 18.0.